The zero-order chi connectivity index (χ0) is 39.8. The third-order valence-corrected chi connectivity index (χ3v) is 9.76. The Morgan fingerprint density at radius 2 is 0.870 bits per heavy atom. The van der Waals surface area contributed by atoms with E-state index in [9.17, 15) is 29.3 Å². The van der Waals surface area contributed by atoms with Crippen LogP contribution in [0.5, 0.6) is 0 Å². The first-order valence-corrected chi connectivity index (χ1v) is 22.6. The van der Waals surface area contributed by atoms with E-state index in [1.807, 2.05) is 0 Å². The lowest BCUT2D eigenvalue weighted by atomic mass is 10.0. The summed E-state index contributed by atoms with van der Waals surface area (Å²) in [5.41, 5.74) is 0. The van der Waals surface area contributed by atoms with Gasteiger partial charge in [0.15, 0.2) is 0 Å². The molecule has 314 valence electrons. The number of unbranched alkanes of at least 4 members (excludes halogenated alkanes) is 17. The quantitative estimate of drug-likeness (QED) is 0.0238. The molecule has 0 aromatic carbocycles. The topological polar surface area (TPSA) is 149 Å². The number of aliphatic hydroxyl groups excluding tert-OH is 2. The highest BCUT2D eigenvalue weighted by Crippen LogP contribution is 2.43. The highest BCUT2D eigenvalue weighted by Gasteiger charge is 2.27. The number of hydrogen-bond acceptors (Lipinski definition) is 9. The first kappa shape index (κ1) is 51.9. The number of phosphoric acid groups is 1. The molecule has 0 spiro atoms. The molecule has 0 aromatic rings. The standard InChI is InChI=1S/C43H77O10P/c1-3-5-7-9-11-13-15-17-18-19-20-21-22-23-25-27-29-31-33-35-43(47)53-41(37-45)39-51-54(48,49)50-38-40(36-44)52-42(46)34-32-30-28-26-24-16-14-12-10-8-6-4-2/h5,7,11,13,17-18,20-21,40-41,44-45H,3-4,6,8-10,12,14-16,19,22-39H2,1-2H3,(H,48,49)/b7-5-,13-11-,18-17-,21-20-. The predicted octanol–water partition coefficient (Wildman–Crippen LogP) is 10.9. The van der Waals surface area contributed by atoms with E-state index >= 15 is 0 Å². The van der Waals surface area contributed by atoms with Gasteiger partial charge in [0, 0.05) is 12.8 Å². The summed E-state index contributed by atoms with van der Waals surface area (Å²) < 4.78 is 32.5. The molecular weight excluding hydrogens is 707 g/mol. The van der Waals surface area contributed by atoms with E-state index in [-0.39, 0.29) is 12.8 Å². The molecule has 3 unspecified atom stereocenters. The van der Waals surface area contributed by atoms with Crippen molar-refractivity contribution in [3.05, 3.63) is 48.6 Å². The van der Waals surface area contributed by atoms with Crippen molar-refractivity contribution in [2.45, 2.75) is 187 Å². The minimum absolute atomic E-state index is 0.175. The maximum atomic E-state index is 12.3. The Bertz CT molecular complexity index is 1040. The number of rotatable bonds is 39. The SMILES string of the molecule is CC/C=C\C/C=C\C/C=C\C/C=C\CCCCCCCCC(=O)OC(CO)COP(=O)(O)OCC(CO)OC(=O)CCCCCCCCCCCCCC. The summed E-state index contributed by atoms with van der Waals surface area (Å²) in [6.45, 7) is 2.07. The minimum atomic E-state index is -4.64. The Morgan fingerprint density at radius 1 is 0.519 bits per heavy atom. The molecule has 0 radical (unpaired) electrons. The predicted molar refractivity (Wildman–Crippen MR) is 219 cm³/mol. The highest BCUT2D eigenvalue weighted by atomic mass is 31.2. The van der Waals surface area contributed by atoms with E-state index in [4.69, 9.17) is 18.5 Å². The van der Waals surface area contributed by atoms with E-state index in [1.54, 1.807) is 0 Å². The molecule has 3 N–H and O–H groups in total. The van der Waals surface area contributed by atoms with Crippen LogP contribution in [0.4, 0.5) is 0 Å². The van der Waals surface area contributed by atoms with E-state index in [2.05, 4.69) is 62.5 Å². The van der Waals surface area contributed by atoms with Crippen LogP contribution in [-0.4, -0.2) is 65.7 Å². The molecule has 0 aromatic heterocycles. The molecule has 0 aliphatic heterocycles. The van der Waals surface area contributed by atoms with Gasteiger partial charge in [-0.25, -0.2) is 4.57 Å². The van der Waals surface area contributed by atoms with Gasteiger partial charge in [-0.05, 0) is 51.4 Å². The monoisotopic (exact) mass is 785 g/mol. The number of hydrogen-bond donors (Lipinski definition) is 3. The van der Waals surface area contributed by atoms with Gasteiger partial charge in [-0.15, -0.1) is 0 Å². The zero-order valence-electron chi connectivity index (χ0n) is 33.9. The number of esters is 2. The highest BCUT2D eigenvalue weighted by molar-refractivity contribution is 7.47. The number of allylic oxidation sites excluding steroid dienone is 8. The lowest BCUT2D eigenvalue weighted by Crippen LogP contribution is -2.28. The van der Waals surface area contributed by atoms with Crippen LogP contribution in [0, 0.1) is 0 Å². The number of phosphoric ester groups is 1. The smallest absolute Gasteiger partial charge is 0.457 e. The molecule has 0 heterocycles. The summed E-state index contributed by atoms with van der Waals surface area (Å²) in [5, 5.41) is 19.1. The van der Waals surface area contributed by atoms with Gasteiger partial charge < -0.3 is 24.6 Å². The average Bonchev–Trinajstić information content (AvgIpc) is 3.16. The van der Waals surface area contributed by atoms with E-state index < -0.39 is 58.4 Å². The van der Waals surface area contributed by atoms with E-state index in [1.165, 1.54) is 51.4 Å². The molecule has 0 aliphatic carbocycles. The molecule has 3 atom stereocenters. The van der Waals surface area contributed by atoms with Gasteiger partial charge in [-0.2, -0.15) is 0 Å². The Balaban J connectivity index is 3.95. The van der Waals surface area contributed by atoms with Gasteiger partial charge in [0.05, 0.1) is 26.4 Å². The summed E-state index contributed by atoms with van der Waals surface area (Å²) in [4.78, 5) is 34.5. The molecule has 0 amide bonds. The first-order chi connectivity index (χ1) is 26.3. The van der Waals surface area contributed by atoms with Crippen LogP contribution in [0.15, 0.2) is 48.6 Å². The Morgan fingerprint density at radius 3 is 1.26 bits per heavy atom. The summed E-state index contributed by atoms with van der Waals surface area (Å²) in [7, 11) is -4.64. The largest absolute Gasteiger partial charge is 0.472 e. The third-order valence-electron chi connectivity index (χ3n) is 8.81. The second-order valence-electron chi connectivity index (χ2n) is 13.9. The Hall–Kier alpha value is -2.07. The molecule has 0 saturated carbocycles. The third kappa shape index (κ3) is 36.9. The summed E-state index contributed by atoms with van der Waals surface area (Å²) in [6.07, 6.45) is 40.8. The van der Waals surface area contributed by atoms with Crippen LogP contribution < -0.4 is 0 Å². The maximum Gasteiger partial charge on any atom is 0.472 e. The van der Waals surface area contributed by atoms with Crippen LogP contribution in [-0.2, 0) is 32.7 Å². The molecule has 0 saturated heterocycles. The fraction of sp³-hybridized carbons (Fsp3) is 0.767. The molecular formula is C43H77O10P. The molecule has 0 aliphatic rings. The van der Waals surface area contributed by atoms with Gasteiger partial charge in [-0.3, -0.25) is 18.6 Å². The molecule has 0 rings (SSSR count). The van der Waals surface area contributed by atoms with E-state index in [0.29, 0.717) is 12.8 Å². The summed E-state index contributed by atoms with van der Waals surface area (Å²) >= 11 is 0. The molecule has 0 fully saturated rings. The van der Waals surface area contributed by atoms with E-state index in [0.717, 1.165) is 83.5 Å². The van der Waals surface area contributed by atoms with Gasteiger partial charge in [0.1, 0.15) is 12.2 Å². The molecule has 0 bridgehead atoms. The summed E-state index contributed by atoms with van der Waals surface area (Å²) in [5.74, 6) is -1.03. The fourth-order valence-electron chi connectivity index (χ4n) is 5.58. The lowest BCUT2D eigenvalue weighted by Gasteiger charge is -2.20. The van der Waals surface area contributed by atoms with Crippen molar-refractivity contribution >= 4 is 19.8 Å². The van der Waals surface area contributed by atoms with Crippen LogP contribution in [0.1, 0.15) is 174 Å². The van der Waals surface area contributed by atoms with Crippen LogP contribution in [0.2, 0.25) is 0 Å². The van der Waals surface area contributed by atoms with Gasteiger partial charge in [-0.1, -0.05) is 159 Å². The van der Waals surface area contributed by atoms with Crippen molar-refractivity contribution in [3.63, 3.8) is 0 Å². The second kappa shape index (κ2) is 39.2. The number of ether oxygens (including phenoxy) is 2. The van der Waals surface area contributed by atoms with Crippen LogP contribution in [0.3, 0.4) is 0 Å². The number of carbonyl (C=O) groups excluding carboxylic acids is 2. The fourth-order valence-corrected chi connectivity index (χ4v) is 6.36. The zero-order valence-corrected chi connectivity index (χ0v) is 34.8. The second-order valence-corrected chi connectivity index (χ2v) is 15.4. The number of aliphatic hydroxyl groups is 2. The van der Waals surface area contributed by atoms with Gasteiger partial charge in [0.2, 0.25) is 0 Å². The molecule has 10 nitrogen and oxygen atoms in total. The molecule has 54 heavy (non-hydrogen) atoms. The van der Waals surface area contributed by atoms with Gasteiger partial charge in [0.25, 0.3) is 0 Å². The average molecular weight is 785 g/mol. The van der Waals surface area contributed by atoms with Crippen molar-refractivity contribution < 1.29 is 47.8 Å². The maximum absolute atomic E-state index is 12.3. The Kier molecular flexibility index (Phi) is 37.7. The normalized spacial score (nSPS) is 14.4. The minimum Gasteiger partial charge on any atom is -0.457 e. The molecule has 11 heteroatoms. The van der Waals surface area contributed by atoms with Crippen molar-refractivity contribution in [1.29, 1.82) is 0 Å². The van der Waals surface area contributed by atoms with Crippen molar-refractivity contribution in [2.24, 2.45) is 0 Å². The van der Waals surface area contributed by atoms with Crippen LogP contribution in [0.25, 0.3) is 0 Å². The van der Waals surface area contributed by atoms with Crippen molar-refractivity contribution in [3.8, 4) is 0 Å². The summed E-state index contributed by atoms with van der Waals surface area (Å²) in [6, 6.07) is 0. The number of carbonyl (C=O) groups is 2. The lowest BCUT2D eigenvalue weighted by molar-refractivity contribution is -0.153. The van der Waals surface area contributed by atoms with Crippen molar-refractivity contribution in [1.82, 2.24) is 0 Å². The Labute approximate surface area is 328 Å². The first-order valence-electron chi connectivity index (χ1n) is 21.1. The van der Waals surface area contributed by atoms with Crippen LogP contribution >= 0.6 is 7.82 Å². The van der Waals surface area contributed by atoms with Crippen molar-refractivity contribution in [2.75, 3.05) is 26.4 Å². The van der Waals surface area contributed by atoms with Gasteiger partial charge >= 0.3 is 19.8 Å².